The average Bonchev–Trinajstić information content (AvgIpc) is 2.64. The molecule has 144 valence electrons. The first-order valence-corrected chi connectivity index (χ1v) is 10.7. The van der Waals surface area contributed by atoms with E-state index in [4.69, 9.17) is 5.73 Å². The van der Waals surface area contributed by atoms with Gasteiger partial charge in [0.1, 0.15) is 6.04 Å². The lowest BCUT2D eigenvalue weighted by Gasteiger charge is -2.36. The lowest BCUT2D eigenvalue weighted by molar-refractivity contribution is -0.135. The molecule has 1 aliphatic rings. The van der Waals surface area contributed by atoms with E-state index in [0.29, 0.717) is 24.4 Å². The monoisotopic (exact) mass is 377 g/mol. The predicted molar refractivity (Wildman–Crippen MR) is 108 cm³/mol. The van der Waals surface area contributed by atoms with Crippen LogP contribution >= 0.6 is 11.8 Å². The first-order chi connectivity index (χ1) is 12.4. The Balaban J connectivity index is 2.07. The molecule has 0 aromatic heterocycles. The predicted octanol–water partition coefficient (Wildman–Crippen LogP) is 2.43. The molecular formula is C20H31N3O2S. The lowest BCUT2D eigenvalue weighted by Crippen LogP contribution is -2.53. The molecule has 2 rings (SSSR count). The van der Waals surface area contributed by atoms with Gasteiger partial charge in [-0.05, 0) is 63.2 Å². The van der Waals surface area contributed by atoms with Crippen molar-refractivity contribution in [1.82, 2.24) is 10.2 Å². The normalized spacial score (nSPS) is 19.7. The zero-order chi connectivity index (χ0) is 19.1. The van der Waals surface area contributed by atoms with Gasteiger partial charge in [0.25, 0.3) is 5.91 Å². The van der Waals surface area contributed by atoms with E-state index >= 15 is 0 Å². The fourth-order valence-electron chi connectivity index (χ4n) is 3.38. The Labute approximate surface area is 161 Å². The quantitative estimate of drug-likeness (QED) is 0.765. The number of nitrogens with zero attached hydrogens (tertiary/aromatic N) is 1. The fraction of sp³-hybridized carbons (Fsp3) is 0.600. The standard InChI is InChI=1S/C20H31N3O2S/c1-14-6-4-7-16(12-14)19(24)22-18(9-11-26-3)20(25)23-10-5-8-17(13-23)15(2)21/h4,6-7,12,15,17-18H,5,8-11,13,21H2,1-3H3,(H,22,24). The Morgan fingerprint density at radius 1 is 1.42 bits per heavy atom. The SMILES string of the molecule is CSCCC(NC(=O)c1cccc(C)c1)C(=O)N1CCCC(C(C)N)C1. The number of nitrogens with two attached hydrogens (primary N) is 1. The highest BCUT2D eigenvalue weighted by Gasteiger charge is 2.31. The summed E-state index contributed by atoms with van der Waals surface area (Å²) in [6, 6.07) is 7.04. The van der Waals surface area contributed by atoms with Crippen molar-refractivity contribution >= 4 is 23.6 Å². The summed E-state index contributed by atoms with van der Waals surface area (Å²) in [5.74, 6) is 0.996. The zero-order valence-electron chi connectivity index (χ0n) is 16.0. The van der Waals surface area contributed by atoms with Crippen LogP contribution in [0, 0.1) is 12.8 Å². The van der Waals surface area contributed by atoms with E-state index in [9.17, 15) is 9.59 Å². The number of thioether (sulfide) groups is 1. The Hall–Kier alpha value is -1.53. The number of hydrogen-bond donors (Lipinski definition) is 2. The van der Waals surface area contributed by atoms with Crippen LogP contribution in [0.5, 0.6) is 0 Å². The van der Waals surface area contributed by atoms with Crippen LogP contribution in [-0.4, -0.2) is 53.9 Å². The molecule has 1 fully saturated rings. The van der Waals surface area contributed by atoms with Gasteiger partial charge in [-0.25, -0.2) is 0 Å². The number of likely N-dealkylation sites (tertiary alicyclic amines) is 1. The molecule has 1 aromatic rings. The van der Waals surface area contributed by atoms with Crippen molar-refractivity contribution in [3.63, 3.8) is 0 Å². The molecule has 0 aliphatic carbocycles. The minimum Gasteiger partial charge on any atom is -0.341 e. The van der Waals surface area contributed by atoms with Gasteiger partial charge in [-0.2, -0.15) is 11.8 Å². The second kappa shape index (κ2) is 9.97. The van der Waals surface area contributed by atoms with Crippen LogP contribution in [0.3, 0.4) is 0 Å². The average molecular weight is 378 g/mol. The van der Waals surface area contributed by atoms with Crippen molar-refractivity contribution in [3.05, 3.63) is 35.4 Å². The number of rotatable bonds is 7. The number of amides is 2. The molecule has 3 N–H and O–H groups in total. The highest BCUT2D eigenvalue weighted by Crippen LogP contribution is 2.20. The third-order valence-electron chi connectivity index (χ3n) is 5.01. The van der Waals surface area contributed by atoms with Gasteiger partial charge in [-0.15, -0.1) is 0 Å². The summed E-state index contributed by atoms with van der Waals surface area (Å²) in [4.78, 5) is 27.6. The van der Waals surface area contributed by atoms with Gasteiger partial charge < -0.3 is 16.0 Å². The highest BCUT2D eigenvalue weighted by molar-refractivity contribution is 7.98. The minimum absolute atomic E-state index is 0.0189. The van der Waals surface area contributed by atoms with E-state index < -0.39 is 6.04 Å². The summed E-state index contributed by atoms with van der Waals surface area (Å²) in [6.45, 7) is 5.39. The van der Waals surface area contributed by atoms with Crippen LogP contribution in [0.25, 0.3) is 0 Å². The molecule has 0 bridgehead atoms. The maximum atomic E-state index is 13.1. The number of hydrogen-bond acceptors (Lipinski definition) is 4. The van der Waals surface area contributed by atoms with Crippen molar-refractivity contribution in [2.45, 2.75) is 45.2 Å². The molecule has 6 heteroatoms. The molecule has 1 heterocycles. The van der Waals surface area contributed by atoms with E-state index in [-0.39, 0.29) is 17.9 Å². The van der Waals surface area contributed by atoms with Crippen molar-refractivity contribution in [2.75, 3.05) is 25.1 Å². The van der Waals surface area contributed by atoms with Gasteiger partial charge in [0.2, 0.25) is 5.91 Å². The Morgan fingerprint density at radius 2 is 2.19 bits per heavy atom. The second-order valence-corrected chi connectivity index (χ2v) is 8.21. The summed E-state index contributed by atoms with van der Waals surface area (Å²) < 4.78 is 0. The van der Waals surface area contributed by atoms with Gasteiger partial charge in [-0.1, -0.05) is 17.7 Å². The smallest absolute Gasteiger partial charge is 0.251 e. The van der Waals surface area contributed by atoms with E-state index in [1.165, 1.54) is 0 Å². The Kier molecular flexibility index (Phi) is 7.97. The Morgan fingerprint density at radius 3 is 2.85 bits per heavy atom. The second-order valence-electron chi connectivity index (χ2n) is 7.22. The fourth-order valence-corrected chi connectivity index (χ4v) is 3.85. The van der Waals surface area contributed by atoms with Crippen LogP contribution in [0.2, 0.25) is 0 Å². The first-order valence-electron chi connectivity index (χ1n) is 9.33. The van der Waals surface area contributed by atoms with E-state index in [1.54, 1.807) is 17.8 Å². The zero-order valence-corrected chi connectivity index (χ0v) is 16.8. The summed E-state index contributed by atoms with van der Waals surface area (Å²) in [5, 5.41) is 2.96. The van der Waals surface area contributed by atoms with Gasteiger partial charge in [0, 0.05) is 24.7 Å². The van der Waals surface area contributed by atoms with Crippen molar-refractivity contribution in [3.8, 4) is 0 Å². The molecule has 0 spiro atoms. The first kappa shape index (κ1) is 20.8. The Bertz CT molecular complexity index is 621. The molecule has 1 aliphatic heterocycles. The van der Waals surface area contributed by atoms with Crippen molar-refractivity contribution in [1.29, 1.82) is 0 Å². The molecular weight excluding hydrogens is 346 g/mol. The van der Waals surface area contributed by atoms with E-state index in [2.05, 4.69) is 5.32 Å². The van der Waals surface area contributed by atoms with Crippen LogP contribution in [0.1, 0.15) is 42.1 Å². The van der Waals surface area contributed by atoms with Crippen molar-refractivity contribution in [2.24, 2.45) is 11.7 Å². The largest absolute Gasteiger partial charge is 0.341 e. The summed E-state index contributed by atoms with van der Waals surface area (Å²) in [6.07, 6.45) is 4.68. The molecule has 3 atom stereocenters. The van der Waals surface area contributed by atoms with Gasteiger partial charge >= 0.3 is 0 Å². The van der Waals surface area contributed by atoms with Crippen LogP contribution < -0.4 is 11.1 Å². The number of carbonyl (C=O) groups excluding carboxylic acids is 2. The topological polar surface area (TPSA) is 75.4 Å². The van der Waals surface area contributed by atoms with E-state index in [0.717, 1.165) is 30.7 Å². The third kappa shape index (κ3) is 5.74. The van der Waals surface area contributed by atoms with Gasteiger partial charge in [0.05, 0.1) is 0 Å². The minimum atomic E-state index is -0.484. The van der Waals surface area contributed by atoms with E-state index in [1.807, 2.05) is 43.2 Å². The summed E-state index contributed by atoms with van der Waals surface area (Å²) in [7, 11) is 0. The van der Waals surface area contributed by atoms with Gasteiger partial charge in [0.15, 0.2) is 0 Å². The lowest BCUT2D eigenvalue weighted by atomic mass is 9.91. The molecule has 3 unspecified atom stereocenters. The van der Waals surface area contributed by atoms with Crippen LogP contribution in [-0.2, 0) is 4.79 Å². The molecule has 1 aromatic carbocycles. The number of piperidine rings is 1. The number of aryl methyl sites for hydroxylation is 1. The van der Waals surface area contributed by atoms with Crippen LogP contribution in [0.4, 0.5) is 0 Å². The maximum Gasteiger partial charge on any atom is 0.251 e. The maximum absolute atomic E-state index is 13.1. The molecule has 26 heavy (non-hydrogen) atoms. The number of benzene rings is 1. The summed E-state index contributed by atoms with van der Waals surface area (Å²) >= 11 is 1.68. The molecule has 2 amide bonds. The highest BCUT2D eigenvalue weighted by atomic mass is 32.2. The molecule has 0 saturated carbocycles. The molecule has 1 saturated heterocycles. The van der Waals surface area contributed by atoms with Crippen molar-refractivity contribution < 1.29 is 9.59 Å². The molecule has 5 nitrogen and oxygen atoms in total. The van der Waals surface area contributed by atoms with Crippen LogP contribution in [0.15, 0.2) is 24.3 Å². The molecule has 0 radical (unpaired) electrons. The van der Waals surface area contributed by atoms with Gasteiger partial charge in [-0.3, -0.25) is 9.59 Å². The number of carbonyl (C=O) groups is 2. The third-order valence-corrected chi connectivity index (χ3v) is 5.65. The summed E-state index contributed by atoms with van der Waals surface area (Å²) in [5.41, 5.74) is 7.67. The number of nitrogens with one attached hydrogen (secondary N) is 1.